The molecule has 0 spiro atoms. The molecule has 18 heavy (non-hydrogen) atoms. The molecule has 0 unspecified atom stereocenters. The summed E-state index contributed by atoms with van der Waals surface area (Å²) < 4.78 is 4.55. The van der Waals surface area contributed by atoms with Crippen LogP contribution in [-0.2, 0) is 7.05 Å². The fraction of sp³-hybridized carbons (Fsp3) is 0.167. The molecule has 92 valence electrons. The Hall–Kier alpha value is -1.82. The molecule has 3 heterocycles. The first-order valence-electron chi connectivity index (χ1n) is 5.50. The van der Waals surface area contributed by atoms with E-state index in [1.807, 2.05) is 42.9 Å². The van der Waals surface area contributed by atoms with Gasteiger partial charge in [-0.15, -0.1) is 0 Å². The summed E-state index contributed by atoms with van der Waals surface area (Å²) in [6.07, 6.45) is 3.83. The van der Waals surface area contributed by atoms with Gasteiger partial charge in [-0.1, -0.05) is 0 Å². The summed E-state index contributed by atoms with van der Waals surface area (Å²) in [6, 6.07) is 3.87. The largest absolute Gasteiger partial charge is 0.383 e. The zero-order chi connectivity index (χ0) is 12.9. The van der Waals surface area contributed by atoms with Crippen LogP contribution in [0, 0.1) is 6.92 Å². The van der Waals surface area contributed by atoms with Gasteiger partial charge in [0.15, 0.2) is 5.65 Å². The second kappa shape index (κ2) is 3.84. The Morgan fingerprint density at radius 1 is 1.39 bits per heavy atom. The van der Waals surface area contributed by atoms with Gasteiger partial charge >= 0.3 is 0 Å². The summed E-state index contributed by atoms with van der Waals surface area (Å²) in [6.45, 7) is 1.95. The average Bonchev–Trinajstić information content (AvgIpc) is 2.81. The van der Waals surface area contributed by atoms with Crippen molar-refractivity contribution < 1.29 is 0 Å². The summed E-state index contributed by atoms with van der Waals surface area (Å²) >= 11 is 3.48. The van der Waals surface area contributed by atoms with Crippen molar-refractivity contribution >= 4 is 27.4 Å². The van der Waals surface area contributed by atoms with Gasteiger partial charge in [-0.3, -0.25) is 9.08 Å². The highest BCUT2D eigenvalue weighted by Gasteiger charge is 2.16. The van der Waals surface area contributed by atoms with E-state index in [9.17, 15) is 0 Å². The minimum Gasteiger partial charge on any atom is -0.383 e. The van der Waals surface area contributed by atoms with E-state index in [2.05, 4.69) is 26.0 Å². The predicted octanol–water partition coefficient (Wildman–Crippen LogP) is 2.39. The van der Waals surface area contributed by atoms with Crippen LogP contribution >= 0.6 is 15.9 Å². The van der Waals surface area contributed by atoms with Gasteiger partial charge in [0.25, 0.3) is 0 Å². The SMILES string of the molecule is Cc1nn(C)cc1-c1nc2c(Br)cccn2c1N. The van der Waals surface area contributed by atoms with Crippen LogP contribution in [0.15, 0.2) is 29.0 Å². The molecule has 0 fully saturated rings. The van der Waals surface area contributed by atoms with Crippen molar-refractivity contribution in [2.24, 2.45) is 7.05 Å². The highest BCUT2D eigenvalue weighted by Crippen LogP contribution is 2.30. The summed E-state index contributed by atoms with van der Waals surface area (Å²) in [5.74, 6) is 0.627. The maximum absolute atomic E-state index is 6.16. The topological polar surface area (TPSA) is 61.1 Å². The van der Waals surface area contributed by atoms with Crippen LogP contribution in [0.4, 0.5) is 5.82 Å². The Balaban J connectivity index is 2.34. The summed E-state index contributed by atoms with van der Waals surface area (Å²) in [5.41, 5.74) is 9.63. The first-order valence-corrected chi connectivity index (χ1v) is 6.30. The summed E-state index contributed by atoms with van der Waals surface area (Å²) in [5, 5.41) is 4.32. The number of pyridine rings is 1. The summed E-state index contributed by atoms with van der Waals surface area (Å²) in [4.78, 5) is 4.59. The molecule has 0 radical (unpaired) electrons. The smallest absolute Gasteiger partial charge is 0.153 e. The van der Waals surface area contributed by atoms with Crippen LogP contribution in [0.2, 0.25) is 0 Å². The monoisotopic (exact) mass is 305 g/mol. The van der Waals surface area contributed by atoms with Gasteiger partial charge in [0.2, 0.25) is 0 Å². The van der Waals surface area contributed by atoms with Crippen molar-refractivity contribution in [1.82, 2.24) is 19.2 Å². The third-order valence-electron chi connectivity index (χ3n) is 2.91. The van der Waals surface area contributed by atoms with E-state index in [-0.39, 0.29) is 0 Å². The van der Waals surface area contributed by atoms with E-state index in [0.29, 0.717) is 5.82 Å². The molecule has 2 N–H and O–H groups in total. The van der Waals surface area contributed by atoms with Crippen molar-refractivity contribution in [3.63, 3.8) is 0 Å². The molecule has 0 bridgehead atoms. The number of nitrogens with two attached hydrogens (primary N) is 1. The molecule has 0 aliphatic heterocycles. The van der Waals surface area contributed by atoms with Crippen molar-refractivity contribution in [3.05, 3.63) is 34.7 Å². The van der Waals surface area contributed by atoms with Crippen LogP contribution in [0.5, 0.6) is 0 Å². The molecule has 3 aromatic rings. The zero-order valence-electron chi connectivity index (χ0n) is 10.1. The number of hydrogen-bond donors (Lipinski definition) is 1. The van der Waals surface area contributed by atoms with Crippen molar-refractivity contribution in [1.29, 1.82) is 0 Å². The van der Waals surface area contributed by atoms with Gasteiger partial charge in [-0.25, -0.2) is 4.98 Å². The molecule has 0 aliphatic carbocycles. The number of halogens is 1. The Labute approximate surface area is 112 Å². The Kier molecular flexibility index (Phi) is 2.41. The molecule has 0 aliphatic rings. The fourth-order valence-corrected chi connectivity index (χ4v) is 2.52. The predicted molar refractivity (Wildman–Crippen MR) is 74.2 cm³/mol. The van der Waals surface area contributed by atoms with Crippen LogP contribution in [0.3, 0.4) is 0 Å². The zero-order valence-corrected chi connectivity index (χ0v) is 11.6. The molecule has 0 amide bonds. The molecular formula is C12H12BrN5. The van der Waals surface area contributed by atoms with Crippen LogP contribution < -0.4 is 5.73 Å². The maximum atomic E-state index is 6.16. The van der Waals surface area contributed by atoms with Crippen molar-refractivity contribution in [2.75, 3.05) is 5.73 Å². The van der Waals surface area contributed by atoms with Gasteiger partial charge in [0.05, 0.1) is 10.2 Å². The van der Waals surface area contributed by atoms with Gasteiger partial charge in [-0.2, -0.15) is 5.10 Å². The summed E-state index contributed by atoms with van der Waals surface area (Å²) in [7, 11) is 1.89. The van der Waals surface area contributed by atoms with E-state index < -0.39 is 0 Å². The Morgan fingerprint density at radius 2 is 2.17 bits per heavy atom. The molecule has 3 rings (SSSR count). The molecule has 0 saturated heterocycles. The third kappa shape index (κ3) is 1.53. The number of imidazole rings is 1. The molecule has 0 aromatic carbocycles. The minimum absolute atomic E-state index is 0.627. The second-order valence-corrected chi connectivity index (χ2v) is 5.05. The number of hydrogen-bond acceptors (Lipinski definition) is 3. The van der Waals surface area contributed by atoms with Gasteiger partial charge in [-0.05, 0) is 35.0 Å². The first kappa shape index (κ1) is 11.3. The minimum atomic E-state index is 0.627. The number of fused-ring (bicyclic) bond motifs is 1. The molecule has 6 heteroatoms. The highest BCUT2D eigenvalue weighted by atomic mass is 79.9. The fourth-order valence-electron chi connectivity index (χ4n) is 2.08. The average molecular weight is 306 g/mol. The second-order valence-electron chi connectivity index (χ2n) is 4.20. The lowest BCUT2D eigenvalue weighted by atomic mass is 10.2. The van der Waals surface area contributed by atoms with E-state index in [0.717, 1.165) is 27.1 Å². The Bertz CT molecular complexity index is 740. The number of rotatable bonds is 1. The van der Waals surface area contributed by atoms with Crippen LogP contribution in [0.1, 0.15) is 5.69 Å². The van der Waals surface area contributed by atoms with Gasteiger partial charge in [0, 0.05) is 25.0 Å². The van der Waals surface area contributed by atoms with Gasteiger partial charge < -0.3 is 5.73 Å². The number of anilines is 1. The van der Waals surface area contributed by atoms with Crippen molar-refractivity contribution in [2.45, 2.75) is 6.92 Å². The molecule has 5 nitrogen and oxygen atoms in total. The lowest BCUT2D eigenvalue weighted by Gasteiger charge is -1.97. The number of nitrogen functional groups attached to an aromatic ring is 1. The number of aryl methyl sites for hydroxylation is 2. The maximum Gasteiger partial charge on any atom is 0.153 e. The lowest BCUT2D eigenvalue weighted by Crippen LogP contribution is -1.94. The molecular weight excluding hydrogens is 294 g/mol. The third-order valence-corrected chi connectivity index (χ3v) is 3.53. The van der Waals surface area contributed by atoms with Crippen molar-refractivity contribution in [3.8, 4) is 11.3 Å². The number of nitrogens with zero attached hydrogens (tertiary/aromatic N) is 4. The lowest BCUT2D eigenvalue weighted by molar-refractivity contribution is 0.756. The van der Waals surface area contributed by atoms with E-state index in [4.69, 9.17) is 5.73 Å². The van der Waals surface area contributed by atoms with E-state index in [1.165, 1.54) is 0 Å². The van der Waals surface area contributed by atoms with E-state index in [1.54, 1.807) is 4.68 Å². The molecule has 3 aromatic heterocycles. The van der Waals surface area contributed by atoms with E-state index >= 15 is 0 Å². The van der Waals surface area contributed by atoms with Gasteiger partial charge in [0.1, 0.15) is 11.5 Å². The Morgan fingerprint density at radius 3 is 2.78 bits per heavy atom. The number of aromatic nitrogens is 4. The standard InChI is InChI=1S/C12H12BrN5/c1-7-8(6-17(2)16-7)10-11(14)18-5-3-4-9(13)12(18)15-10/h3-6H,14H2,1-2H3. The quantitative estimate of drug-likeness (QED) is 0.751. The highest BCUT2D eigenvalue weighted by molar-refractivity contribution is 9.10. The normalized spacial score (nSPS) is 11.3. The van der Waals surface area contributed by atoms with Crippen LogP contribution in [-0.4, -0.2) is 19.2 Å². The van der Waals surface area contributed by atoms with Crippen LogP contribution in [0.25, 0.3) is 16.9 Å². The molecule has 0 saturated carbocycles. The molecule has 0 atom stereocenters. The first-order chi connectivity index (χ1) is 8.58.